The number of hydrogen-bond donors (Lipinski definition) is 1. The molecule has 6 heteroatoms. The number of thiocarbonyl (C=S) groups is 1. The minimum atomic E-state index is -2.93. The van der Waals surface area contributed by atoms with E-state index in [0.717, 1.165) is 18.4 Å². The van der Waals surface area contributed by atoms with Crippen LogP contribution in [0.1, 0.15) is 44.1 Å². The van der Waals surface area contributed by atoms with Gasteiger partial charge in [-0.2, -0.15) is 0 Å². The molecule has 0 spiro atoms. The van der Waals surface area contributed by atoms with Crippen LogP contribution in [-0.4, -0.2) is 42.0 Å². The molecule has 1 saturated carbocycles. The highest BCUT2D eigenvalue weighted by atomic mass is 32.2. The Labute approximate surface area is 150 Å². The molecule has 4 nitrogen and oxygen atoms in total. The molecule has 1 aliphatic carbocycles. The van der Waals surface area contributed by atoms with Crippen molar-refractivity contribution in [3.63, 3.8) is 0 Å². The van der Waals surface area contributed by atoms with Gasteiger partial charge < -0.3 is 10.2 Å². The summed E-state index contributed by atoms with van der Waals surface area (Å²) in [5, 5.41) is 4.22. The maximum atomic E-state index is 11.9. The molecule has 0 amide bonds. The average Bonchev–Trinajstić information content (AvgIpc) is 2.94. The zero-order chi connectivity index (χ0) is 17.0. The summed E-state index contributed by atoms with van der Waals surface area (Å²) in [6.45, 7) is 0.666. The lowest BCUT2D eigenvalue weighted by molar-refractivity contribution is 0.310. The Morgan fingerprint density at radius 3 is 2.46 bits per heavy atom. The topological polar surface area (TPSA) is 49.4 Å². The molecule has 1 aromatic carbocycles. The first-order valence-corrected chi connectivity index (χ1v) is 11.1. The summed E-state index contributed by atoms with van der Waals surface area (Å²) in [5.74, 6) is 0.487. The normalized spacial score (nSPS) is 23.8. The van der Waals surface area contributed by atoms with Crippen molar-refractivity contribution < 1.29 is 8.42 Å². The molecule has 1 saturated heterocycles. The third kappa shape index (κ3) is 4.70. The summed E-state index contributed by atoms with van der Waals surface area (Å²) in [6, 6.07) is 10.6. The van der Waals surface area contributed by atoms with E-state index in [1.807, 2.05) is 18.2 Å². The molecule has 0 bridgehead atoms. The van der Waals surface area contributed by atoms with Gasteiger partial charge in [-0.1, -0.05) is 49.6 Å². The number of nitrogens with zero attached hydrogens (tertiary/aromatic N) is 1. The summed E-state index contributed by atoms with van der Waals surface area (Å²) in [4.78, 5) is 2.10. The van der Waals surface area contributed by atoms with Crippen LogP contribution in [0.5, 0.6) is 0 Å². The van der Waals surface area contributed by atoms with E-state index in [1.165, 1.54) is 19.3 Å². The van der Waals surface area contributed by atoms with Gasteiger partial charge in [0, 0.05) is 18.6 Å². The minimum Gasteiger partial charge on any atom is -0.360 e. The molecule has 2 fully saturated rings. The van der Waals surface area contributed by atoms with Gasteiger partial charge in [0.05, 0.1) is 11.5 Å². The summed E-state index contributed by atoms with van der Waals surface area (Å²) >= 11 is 5.69. The zero-order valence-electron chi connectivity index (χ0n) is 14.0. The van der Waals surface area contributed by atoms with Gasteiger partial charge in [0.15, 0.2) is 14.9 Å². The lowest BCUT2D eigenvalue weighted by atomic mass is 9.96. The first-order chi connectivity index (χ1) is 11.5. The molecule has 1 aliphatic heterocycles. The first kappa shape index (κ1) is 17.7. The third-order valence-electron chi connectivity index (χ3n) is 5.04. The van der Waals surface area contributed by atoms with Gasteiger partial charge in [0.25, 0.3) is 0 Å². The van der Waals surface area contributed by atoms with Gasteiger partial charge in [0.2, 0.25) is 0 Å². The van der Waals surface area contributed by atoms with Gasteiger partial charge in [0.1, 0.15) is 0 Å². The van der Waals surface area contributed by atoms with E-state index < -0.39 is 9.84 Å². The zero-order valence-corrected chi connectivity index (χ0v) is 15.6. The van der Waals surface area contributed by atoms with Gasteiger partial charge in [-0.25, -0.2) is 8.42 Å². The molecule has 1 unspecified atom stereocenters. The Morgan fingerprint density at radius 1 is 1.12 bits per heavy atom. The fourth-order valence-corrected chi connectivity index (χ4v) is 5.78. The number of rotatable bonds is 4. The Kier molecular flexibility index (Phi) is 5.76. The van der Waals surface area contributed by atoms with E-state index >= 15 is 0 Å². The highest BCUT2D eigenvalue weighted by Gasteiger charge is 2.34. The Bertz CT molecular complexity index is 655. The minimum absolute atomic E-state index is 0.0150. The van der Waals surface area contributed by atoms with E-state index in [1.54, 1.807) is 0 Å². The smallest absolute Gasteiger partial charge is 0.169 e. The van der Waals surface area contributed by atoms with Crippen LogP contribution < -0.4 is 5.32 Å². The second-order valence-electron chi connectivity index (χ2n) is 6.95. The molecule has 132 valence electrons. The molecule has 0 radical (unpaired) electrons. The van der Waals surface area contributed by atoms with Crippen LogP contribution in [0, 0.1) is 0 Å². The van der Waals surface area contributed by atoms with Crippen LogP contribution in [0.2, 0.25) is 0 Å². The monoisotopic (exact) mass is 366 g/mol. The van der Waals surface area contributed by atoms with Crippen LogP contribution >= 0.6 is 12.2 Å². The number of sulfone groups is 1. The predicted molar refractivity (Wildman–Crippen MR) is 102 cm³/mol. The number of benzene rings is 1. The SMILES string of the molecule is O=S1(=O)CCC(N(Cc2ccccc2)C(=S)NC2CCCCC2)C1. The van der Waals surface area contributed by atoms with Crippen LogP contribution in [0.15, 0.2) is 30.3 Å². The second-order valence-corrected chi connectivity index (χ2v) is 9.57. The quantitative estimate of drug-likeness (QED) is 0.831. The van der Waals surface area contributed by atoms with E-state index in [4.69, 9.17) is 12.2 Å². The van der Waals surface area contributed by atoms with Gasteiger partial charge in [-0.3, -0.25) is 0 Å². The fourth-order valence-electron chi connectivity index (χ4n) is 3.67. The first-order valence-electron chi connectivity index (χ1n) is 8.85. The standard InChI is InChI=1S/C18H26N2O2S2/c21-24(22)12-11-17(14-24)20(13-15-7-3-1-4-8-15)18(23)19-16-9-5-2-6-10-16/h1,3-4,7-8,16-17H,2,5-6,9-14H2,(H,19,23). The second kappa shape index (κ2) is 7.83. The van der Waals surface area contributed by atoms with Crippen molar-refractivity contribution in [2.45, 2.75) is 57.2 Å². The van der Waals surface area contributed by atoms with Crippen molar-refractivity contribution >= 4 is 27.2 Å². The highest BCUT2D eigenvalue weighted by Crippen LogP contribution is 2.22. The van der Waals surface area contributed by atoms with Crippen molar-refractivity contribution in [3.05, 3.63) is 35.9 Å². The van der Waals surface area contributed by atoms with Gasteiger partial charge in [-0.05, 0) is 37.0 Å². The van der Waals surface area contributed by atoms with Crippen LogP contribution in [-0.2, 0) is 16.4 Å². The molecular formula is C18H26N2O2S2. The van der Waals surface area contributed by atoms with Crippen molar-refractivity contribution in [3.8, 4) is 0 Å². The number of nitrogens with one attached hydrogen (secondary N) is 1. The van der Waals surface area contributed by atoms with Gasteiger partial charge >= 0.3 is 0 Å². The van der Waals surface area contributed by atoms with E-state index in [0.29, 0.717) is 24.1 Å². The molecule has 1 aromatic rings. The molecular weight excluding hydrogens is 340 g/mol. The molecule has 1 atom stereocenters. The van der Waals surface area contributed by atoms with Crippen LogP contribution in [0.3, 0.4) is 0 Å². The molecule has 24 heavy (non-hydrogen) atoms. The largest absolute Gasteiger partial charge is 0.360 e. The van der Waals surface area contributed by atoms with Crippen LogP contribution in [0.4, 0.5) is 0 Å². The summed E-state index contributed by atoms with van der Waals surface area (Å²) < 4.78 is 23.8. The lowest BCUT2D eigenvalue weighted by Gasteiger charge is -2.34. The third-order valence-corrected chi connectivity index (χ3v) is 7.14. The maximum Gasteiger partial charge on any atom is 0.169 e. The lowest BCUT2D eigenvalue weighted by Crippen LogP contribution is -2.49. The molecule has 1 heterocycles. The Hall–Kier alpha value is -1.14. The summed E-state index contributed by atoms with van der Waals surface area (Å²) in [5.41, 5.74) is 1.16. The van der Waals surface area contributed by atoms with Crippen molar-refractivity contribution in [2.75, 3.05) is 11.5 Å². The molecule has 3 rings (SSSR count). The van der Waals surface area contributed by atoms with E-state index in [9.17, 15) is 8.42 Å². The number of hydrogen-bond acceptors (Lipinski definition) is 3. The highest BCUT2D eigenvalue weighted by molar-refractivity contribution is 7.91. The molecule has 0 aromatic heterocycles. The van der Waals surface area contributed by atoms with Crippen molar-refractivity contribution in [1.82, 2.24) is 10.2 Å². The summed E-state index contributed by atoms with van der Waals surface area (Å²) in [6.07, 6.45) is 6.78. The van der Waals surface area contributed by atoms with E-state index in [-0.39, 0.29) is 17.5 Å². The summed E-state index contributed by atoms with van der Waals surface area (Å²) in [7, 11) is -2.93. The van der Waals surface area contributed by atoms with Crippen molar-refractivity contribution in [2.24, 2.45) is 0 Å². The molecule has 2 aliphatic rings. The molecule has 1 N–H and O–H groups in total. The fraction of sp³-hybridized carbons (Fsp3) is 0.611. The van der Waals surface area contributed by atoms with Crippen LogP contribution in [0.25, 0.3) is 0 Å². The van der Waals surface area contributed by atoms with Gasteiger partial charge in [-0.15, -0.1) is 0 Å². The van der Waals surface area contributed by atoms with Crippen molar-refractivity contribution in [1.29, 1.82) is 0 Å². The average molecular weight is 367 g/mol. The Morgan fingerprint density at radius 2 is 1.83 bits per heavy atom. The Balaban J connectivity index is 1.72. The predicted octanol–water partition coefficient (Wildman–Crippen LogP) is 2.88. The van der Waals surface area contributed by atoms with E-state index in [2.05, 4.69) is 22.3 Å². The maximum absolute atomic E-state index is 11.9.